The van der Waals surface area contributed by atoms with Crippen molar-refractivity contribution in [1.82, 2.24) is 4.90 Å². The molecule has 0 fully saturated rings. The molecule has 0 rings (SSSR count). The van der Waals surface area contributed by atoms with Crippen LogP contribution in [-0.2, 0) is 9.53 Å². The number of nitrogens with zero attached hydrogens (tertiary/aromatic N) is 1. The maximum atomic E-state index is 10.7. The number of unbranched alkanes of at least 4 members (excludes halogenated alkanes) is 2. The van der Waals surface area contributed by atoms with Crippen molar-refractivity contribution in [2.75, 3.05) is 33.4 Å². The minimum absolute atomic E-state index is 0.266. The van der Waals surface area contributed by atoms with E-state index in [1.807, 2.05) is 4.90 Å². The van der Waals surface area contributed by atoms with Crippen LogP contribution >= 0.6 is 0 Å². The van der Waals surface area contributed by atoms with E-state index < -0.39 is 0 Å². The van der Waals surface area contributed by atoms with E-state index in [9.17, 15) is 4.79 Å². The lowest BCUT2D eigenvalue weighted by molar-refractivity contribution is -0.119. The summed E-state index contributed by atoms with van der Waals surface area (Å²) in [6.45, 7) is 4.86. The van der Waals surface area contributed by atoms with Crippen molar-refractivity contribution in [2.45, 2.75) is 26.2 Å². The molecule has 0 aromatic heterocycles. The van der Waals surface area contributed by atoms with Gasteiger partial charge in [-0.3, -0.25) is 9.69 Å². The van der Waals surface area contributed by atoms with Gasteiger partial charge in [-0.2, -0.15) is 0 Å². The van der Waals surface area contributed by atoms with Crippen LogP contribution in [0.2, 0.25) is 0 Å². The van der Waals surface area contributed by atoms with Gasteiger partial charge in [0.15, 0.2) is 0 Å². The summed E-state index contributed by atoms with van der Waals surface area (Å²) >= 11 is 0. The molecule has 0 heterocycles. The zero-order chi connectivity index (χ0) is 10.8. The minimum Gasteiger partial charge on any atom is -0.383 e. The van der Waals surface area contributed by atoms with Gasteiger partial charge in [0.2, 0.25) is 5.91 Å². The number of ether oxygens (including phenoxy) is 1. The van der Waals surface area contributed by atoms with E-state index in [-0.39, 0.29) is 5.91 Å². The number of rotatable bonds is 9. The van der Waals surface area contributed by atoms with Gasteiger partial charge < -0.3 is 10.5 Å². The number of amides is 1. The second-order valence-electron chi connectivity index (χ2n) is 3.44. The molecule has 0 aliphatic carbocycles. The Balaban J connectivity index is 3.66. The van der Waals surface area contributed by atoms with Gasteiger partial charge in [0.25, 0.3) is 0 Å². The molecule has 0 saturated heterocycles. The lowest BCUT2D eigenvalue weighted by Crippen LogP contribution is -2.36. The van der Waals surface area contributed by atoms with Crippen molar-refractivity contribution in [1.29, 1.82) is 0 Å². The molecule has 84 valence electrons. The van der Waals surface area contributed by atoms with Crippen molar-refractivity contribution in [3.05, 3.63) is 0 Å². The Morgan fingerprint density at radius 1 is 1.36 bits per heavy atom. The van der Waals surface area contributed by atoms with E-state index in [1.54, 1.807) is 7.11 Å². The number of carbonyl (C=O) groups is 1. The zero-order valence-electron chi connectivity index (χ0n) is 9.29. The van der Waals surface area contributed by atoms with Crippen LogP contribution in [0.3, 0.4) is 0 Å². The Morgan fingerprint density at radius 3 is 2.57 bits per heavy atom. The molecule has 1 amide bonds. The predicted octanol–water partition coefficient (Wildman–Crippen LogP) is 0.610. The summed E-state index contributed by atoms with van der Waals surface area (Å²) in [7, 11) is 1.66. The lowest BCUT2D eigenvalue weighted by atomic mass is 10.2. The SMILES string of the molecule is CCCCCN(CCOC)CC(N)=O. The Labute approximate surface area is 86.4 Å². The first-order chi connectivity index (χ1) is 6.70. The fourth-order valence-electron chi connectivity index (χ4n) is 1.30. The fourth-order valence-corrected chi connectivity index (χ4v) is 1.30. The molecule has 0 radical (unpaired) electrons. The summed E-state index contributed by atoms with van der Waals surface area (Å²) in [6.07, 6.45) is 3.50. The molecule has 2 N–H and O–H groups in total. The molecule has 0 unspecified atom stereocenters. The highest BCUT2D eigenvalue weighted by molar-refractivity contribution is 5.75. The third-order valence-corrected chi connectivity index (χ3v) is 2.07. The molecule has 14 heavy (non-hydrogen) atoms. The number of primary amides is 1. The Kier molecular flexibility index (Phi) is 8.57. The third-order valence-electron chi connectivity index (χ3n) is 2.07. The summed E-state index contributed by atoms with van der Waals surface area (Å²) in [5, 5.41) is 0. The molecule has 0 aromatic carbocycles. The highest BCUT2D eigenvalue weighted by atomic mass is 16.5. The summed E-state index contributed by atoms with van der Waals surface area (Å²) in [4.78, 5) is 12.8. The molecule has 4 heteroatoms. The van der Waals surface area contributed by atoms with Gasteiger partial charge in [0.05, 0.1) is 13.2 Å². The Bertz CT molecular complexity index is 151. The number of hydrogen-bond acceptors (Lipinski definition) is 3. The maximum absolute atomic E-state index is 10.7. The van der Waals surface area contributed by atoms with Crippen LogP contribution in [-0.4, -0.2) is 44.2 Å². The number of nitrogens with two attached hydrogens (primary N) is 1. The summed E-state index contributed by atoms with van der Waals surface area (Å²) in [5.41, 5.74) is 5.15. The van der Waals surface area contributed by atoms with Crippen LogP contribution < -0.4 is 5.73 Å². The maximum Gasteiger partial charge on any atom is 0.231 e. The topological polar surface area (TPSA) is 55.6 Å². The molecular weight excluding hydrogens is 180 g/mol. The summed E-state index contributed by atoms with van der Waals surface area (Å²) < 4.78 is 4.97. The monoisotopic (exact) mass is 202 g/mol. The minimum atomic E-state index is -0.266. The molecule has 0 bridgehead atoms. The van der Waals surface area contributed by atoms with Crippen LogP contribution in [0.4, 0.5) is 0 Å². The van der Waals surface area contributed by atoms with E-state index in [2.05, 4.69) is 6.92 Å². The average molecular weight is 202 g/mol. The fraction of sp³-hybridized carbons (Fsp3) is 0.900. The van der Waals surface area contributed by atoms with Crippen molar-refractivity contribution in [2.24, 2.45) is 5.73 Å². The van der Waals surface area contributed by atoms with Crippen molar-refractivity contribution in [3.63, 3.8) is 0 Å². The standard InChI is InChI=1S/C10H22N2O2/c1-3-4-5-6-12(7-8-14-2)9-10(11)13/h3-9H2,1-2H3,(H2,11,13). The van der Waals surface area contributed by atoms with Crippen molar-refractivity contribution in [3.8, 4) is 0 Å². The Morgan fingerprint density at radius 2 is 2.07 bits per heavy atom. The second kappa shape index (κ2) is 8.97. The third kappa shape index (κ3) is 8.01. The van der Waals surface area contributed by atoms with Gasteiger partial charge in [0.1, 0.15) is 0 Å². The van der Waals surface area contributed by atoms with E-state index in [1.165, 1.54) is 12.8 Å². The Hall–Kier alpha value is -0.610. The van der Waals surface area contributed by atoms with Crippen molar-refractivity contribution < 1.29 is 9.53 Å². The number of hydrogen-bond donors (Lipinski definition) is 1. The predicted molar refractivity (Wildman–Crippen MR) is 57.0 cm³/mol. The molecule has 0 saturated carbocycles. The van der Waals surface area contributed by atoms with Gasteiger partial charge >= 0.3 is 0 Å². The van der Waals surface area contributed by atoms with E-state index in [4.69, 9.17) is 10.5 Å². The highest BCUT2D eigenvalue weighted by Gasteiger charge is 2.06. The normalized spacial score (nSPS) is 10.8. The van der Waals surface area contributed by atoms with Crippen LogP contribution in [0.1, 0.15) is 26.2 Å². The van der Waals surface area contributed by atoms with Gasteiger partial charge in [0, 0.05) is 13.7 Å². The summed E-state index contributed by atoms with van der Waals surface area (Å²) in [6, 6.07) is 0. The first-order valence-electron chi connectivity index (χ1n) is 5.20. The first kappa shape index (κ1) is 13.4. The quantitative estimate of drug-likeness (QED) is 0.557. The summed E-state index contributed by atoms with van der Waals surface area (Å²) in [5.74, 6) is -0.266. The van der Waals surface area contributed by atoms with Gasteiger partial charge in [-0.05, 0) is 13.0 Å². The van der Waals surface area contributed by atoms with Gasteiger partial charge in [-0.25, -0.2) is 0 Å². The van der Waals surface area contributed by atoms with Crippen LogP contribution in [0.25, 0.3) is 0 Å². The molecule has 0 aliphatic rings. The molecule has 0 spiro atoms. The zero-order valence-corrected chi connectivity index (χ0v) is 9.29. The van der Waals surface area contributed by atoms with E-state index >= 15 is 0 Å². The average Bonchev–Trinajstić information content (AvgIpc) is 2.13. The lowest BCUT2D eigenvalue weighted by Gasteiger charge is -2.19. The van der Waals surface area contributed by atoms with E-state index in [0.717, 1.165) is 19.5 Å². The van der Waals surface area contributed by atoms with Gasteiger partial charge in [-0.15, -0.1) is 0 Å². The molecule has 4 nitrogen and oxygen atoms in total. The van der Waals surface area contributed by atoms with Crippen molar-refractivity contribution >= 4 is 5.91 Å². The number of methoxy groups -OCH3 is 1. The molecular formula is C10H22N2O2. The van der Waals surface area contributed by atoms with Gasteiger partial charge in [-0.1, -0.05) is 19.8 Å². The highest BCUT2D eigenvalue weighted by Crippen LogP contribution is 1.97. The smallest absolute Gasteiger partial charge is 0.231 e. The van der Waals surface area contributed by atoms with Crippen LogP contribution in [0, 0.1) is 0 Å². The second-order valence-corrected chi connectivity index (χ2v) is 3.44. The first-order valence-corrected chi connectivity index (χ1v) is 5.20. The molecule has 0 atom stereocenters. The largest absolute Gasteiger partial charge is 0.383 e. The molecule has 0 aliphatic heterocycles. The van der Waals surface area contributed by atoms with E-state index in [0.29, 0.717) is 13.2 Å². The molecule has 0 aromatic rings. The van der Waals surface area contributed by atoms with Crippen LogP contribution in [0.15, 0.2) is 0 Å². The van der Waals surface area contributed by atoms with Crippen LogP contribution in [0.5, 0.6) is 0 Å². The number of carbonyl (C=O) groups excluding carboxylic acids is 1.